The Balaban J connectivity index is 2.01. The Labute approximate surface area is 157 Å². The van der Waals surface area contributed by atoms with Crippen molar-refractivity contribution in [2.24, 2.45) is 0 Å². The molecule has 0 bridgehead atoms. The number of benzene rings is 2. The predicted octanol–water partition coefficient (Wildman–Crippen LogP) is 3.22. The molecule has 0 saturated heterocycles. The molecule has 1 heterocycles. The molecule has 0 radical (unpaired) electrons. The minimum absolute atomic E-state index is 0.147. The lowest BCUT2D eigenvalue weighted by molar-refractivity contribution is -0.110. The molecule has 6 heteroatoms. The molecule has 0 aliphatic carbocycles. The zero-order valence-electron chi connectivity index (χ0n) is 15.3. The van der Waals surface area contributed by atoms with Crippen LogP contribution in [0.2, 0.25) is 0 Å². The van der Waals surface area contributed by atoms with E-state index in [1.165, 1.54) is 0 Å². The summed E-state index contributed by atoms with van der Waals surface area (Å²) in [5.74, 6) is 4.39. The fraction of sp³-hybridized carbons (Fsp3) is 0.190. The summed E-state index contributed by atoms with van der Waals surface area (Å²) < 4.78 is 21.4. The number of anilines is 1. The maximum Gasteiger partial charge on any atom is 0.256 e. The topological polar surface area (TPSA) is 66.0 Å². The predicted molar refractivity (Wildman–Crippen MR) is 103 cm³/mol. The van der Waals surface area contributed by atoms with Crippen molar-refractivity contribution < 1.29 is 23.7 Å². The zero-order valence-corrected chi connectivity index (χ0v) is 15.3. The van der Waals surface area contributed by atoms with Gasteiger partial charge < -0.3 is 24.3 Å². The van der Waals surface area contributed by atoms with E-state index in [-0.39, 0.29) is 12.5 Å². The average Bonchev–Trinajstić information content (AvgIpc) is 2.99. The number of hydrogen-bond acceptors (Lipinski definition) is 5. The fourth-order valence-electron chi connectivity index (χ4n) is 2.84. The fourth-order valence-corrected chi connectivity index (χ4v) is 2.84. The van der Waals surface area contributed by atoms with Crippen LogP contribution in [0.3, 0.4) is 0 Å². The maximum absolute atomic E-state index is 12.5. The summed E-state index contributed by atoms with van der Waals surface area (Å²) in [6.45, 7) is 0.147. The molecule has 1 aliphatic heterocycles. The molecule has 1 amide bonds. The first-order valence-corrected chi connectivity index (χ1v) is 8.15. The summed E-state index contributed by atoms with van der Waals surface area (Å²) in [5.41, 5.74) is 2.71. The molecule has 1 N–H and O–H groups in total. The second-order valence-corrected chi connectivity index (χ2v) is 5.67. The standard InChI is InChI=1S/C21H19NO5/c1-5-8-27-17-7-6-13(10-18(17)24-2)9-15-14-11-19(25-3)20(26-4)12-16(14)22-21(15)23/h1,6-7,9-12H,8H2,2-4H3,(H,22,23)/b15-9-. The van der Waals surface area contributed by atoms with Crippen molar-refractivity contribution in [2.75, 3.05) is 33.3 Å². The number of methoxy groups -OCH3 is 3. The van der Waals surface area contributed by atoms with E-state index in [1.807, 2.05) is 6.07 Å². The van der Waals surface area contributed by atoms with Gasteiger partial charge >= 0.3 is 0 Å². The summed E-state index contributed by atoms with van der Waals surface area (Å²) >= 11 is 0. The van der Waals surface area contributed by atoms with Gasteiger partial charge in [-0.2, -0.15) is 0 Å². The van der Waals surface area contributed by atoms with Crippen molar-refractivity contribution in [2.45, 2.75) is 0 Å². The van der Waals surface area contributed by atoms with Crippen LogP contribution >= 0.6 is 0 Å². The number of hydrogen-bond donors (Lipinski definition) is 1. The van der Waals surface area contributed by atoms with Gasteiger partial charge in [-0.25, -0.2) is 0 Å². The highest BCUT2D eigenvalue weighted by Crippen LogP contribution is 2.41. The van der Waals surface area contributed by atoms with Crippen LogP contribution in [0.15, 0.2) is 30.3 Å². The molecule has 138 valence electrons. The molecule has 27 heavy (non-hydrogen) atoms. The van der Waals surface area contributed by atoms with E-state index < -0.39 is 0 Å². The molecule has 3 rings (SSSR count). The van der Waals surface area contributed by atoms with Crippen molar-refractivity contribution in [3.63, 3.8) is 0 Å². The molecule has 2 aromatic rings. The Kier molecular flexibility index (Phi) is 5.23. The molecule has 1 aliphatic rings. The first-order chi connectivity index (χ1) is 13.1. The van der Waals surface area contributed by atoms with E-state index in [9.17, 15) is 4.79 Å². The van der Waals surface area contributed by atoms with Gasteiger partial charge in [0.25, 0.3) is 5.91 Å². The van der Waals surface area contributed by atoms with Gasteiger partial charge in [-0.1, -0.05) is 12.0 Å². The summed E-state index contributed by atoms with van der Waals surface area (Å²) in [6.07, 6.45) is 7.00. The minimum Gasteiger partial charge on any atom is -0.493 e. The number of rotatable bonds is 6. The molecular weight excluding hydrogens is 346 g/mol. The Hall–Kier alpha value is -3.59. The molecule has 0 fully saturated rings. The van der Waals surface area contributed by atoms with Crippen molar-refractivity contribution in [1.29, 1.82) is 0 Å². The quantitative estimate of drug-likeness (QED) is 0.629. The Morgan fingerprint density at radius 1 is 1.00 bits per heavy atom. The third-order valence-electron chi connectivity index (χ3n) is 4.12. The smallest absolute Gasteiger partial charge is 0.256 e. The molecule has 2 aromatic carbocycles. The van der Waals surface area contributed by atoms with Crippen LogP contribution in [0.25, 0.3) is 11.6 Å². The zero-order chi connectivity index (χ0) is 19.4. The first kappa shape index (κ1) is 18.2. The minimum atomic E-state index is -0.202. The Morgan fingerprint density at radius 2 is 1.67 bits per heavy atom. The highest BCUT2D eigenvalue weighted by atomic mass is 16.5. The van der Waals surface area contributed by atoms with E-state index in [0.29, 0.717) is 34.3 Å². The Morgan fingerprint density at radius 3 is 2.33 bits per heavy atom. The molecule has 0 spiro atoms. The van der Waals surface area contributed by atoms with Crippen molar-refractivity contribution in [3.05, 3.63) is 41.5 Å². The number of carbonyl (C=O) groups is 1. The van der Waals surface area contributed by atoms with Gasteiger partial charge in [0.1, 0.15) is 6.61 Å². The van der Waals surface area contributed by atoms with Crippen molar-refractivity contribution >= 4 is 23.2 Å². The van der Waals surface area contributed by atoms with Crippen LogP contribution in [0.4, 0.5) is 5.69 Å². The molecule has 6 nitrogen and oxygen atoms in total. The van der Waals surface area contributed by atoms with E-state index >= 15 is 0 Å². The second-order valence-electron chi connectivity index (χ2n) is 5.67. The SMILES string of the molecule is C#CCOc1ccc(/C=C2\C(=O)Nc3cc(OC)c(OC)cc32)cc1OC. The van der Waals surface area contributed by atoms with Gasteiger partial charge in [-0.3, -0.25) is 4.79 Å². The lowest BCUT2D eigenvalue weighted by atomic mass is 10.0. The van der Waals surface area contributed by atoms with Crippen molar-refractivity contribution in [3.8, 4) is 35.3 Å². The molecular formula is C21H19NO5. The van der Waals surface area contributed by atoms with Gasteiger partial charge in [-0.05, 0) is 29.8 Å². The highest BCUT2D eigenvalue weighted by Gasteiger charge is 2.26. The summed E-state index contributed by atoms with van der Waals surface area (Å²) in [5, 5.41) is 2.84. The molecule has 0 saturated carbocycles. The van der Waals surface area contributed by atoms with Crippen LogP contribution in [0.5, 0.6) is 23.0 Å². The average molecular weight is 365 g/mol. The van der Waals surface area contributed by atoms with Crippen molar-refractivity contribution in [1.82, 2.24) is 0 Å². The number of fused-ring (bicyclic) bond motifs is 1. The van der Waals surface area contributed by atoms with E-state index in [4.69, 9.17) is 25.4 Å². The van der Waals surface area contributed by atoms with E-state index in [0.717, 1.165) is 11.1 Å². The lowest BCUT2D eigenvalue weighted by Gasteiger charge is -2.10. The molecule has 0 aromatic heterocycles. The van der Waals surface area contributed by atoms with E-state index in [2.05, 4.69) is 11.2 Å². The van der Waals surface area contributed by atoms with Crippen LogP contribution < -0.4 is 24.3 Å². The second kappa shape index (κ2) is 7.75. The largest absolute Gasteiger partial charge is 0.493 e. The highest BCUT2D eigenvalue weighted by molar-refractivity contribution is 6.35. The van der Waals surface area contributed by atoms with Gasteiger partial charge in [0.05, 0.1) is 27.0 Å². The summed E-state index contributed by atoms with van der Waals surface area (Å²) in [6, 6.07) is 8.88. The number of ether oxygens (including phenoxy) is 4. The van der Waals surface area contributed by atoms with Gasteiger partial charge in [-0.15, -0.1) is 6.42 Å². The van der Waals surface area contributed by atoms with Crippen LogP contribution in [0, 0.1) is 12.3 Å². The van der Waals surface area contributed by atoms with Crippen LogP contribution in [-0.2, 0) is 4.79 Å². The number of nitrogens with one attached hydrogen (secondary N) is 1. The third kappa shape index (κ3) is 3.53. The van der Waals surface area contributed by atoms with Gasteiger partial charge in [0.2, 0.25) is 0 Å². The Bertz CT molecular complexity index is 956. The number of amides is 1. The van der Waals surface area contributed by atoms with Crippen LogP contribution in [0.1, 0.15) is 11.1 Å². The first-order valence-electron chi connectivity index (χ1n) is 8.15. The van der Waals surface area contributed by atoms with Gasteiger partial charge in [0.15, 0.2) is 23.0 Å². The number of carbonyl (C=O) groups excluding carboxylic acids is 1. The molecule has 0 atom stereocenters. The number of terminal acetylenes is 1. The monoisotopic (exact) mass is 365 g/mol. The lowest BCUT2D eigenvalue weighted by Crippen LogP contribution is -2.03. The molecule has 0 unspecified atom stereocenters. The summed E-state index contributed by atoms with van der Waals surface area (Å²) in [7, 11) is 4.65. The third-order valence-corrected chi connectivity index (χ3v) is 4.12. The van der Waals surface area contributed by atoms with Crippen LogP contribution in [-0.4, -0.2) is 33.8 Å². The van der Waals surface area contributed by atoms with Gasteiger partial charge in [0, 0.05) is 17.2 Å². The van der Waals surface area contributed by atoms with E-state index in [1.54, 1.807) is 51.7 Å². The maximum atomic E-state index is 12.5. The normalized spacial score (nSPS) is 13.6. The summed E-state index contributed by atoms with van der Waals surface area (Å²) in [4.78, 5) is 12.5.